The van der Waals surface area contributed by atoms with Crippen molar-refractivity contribution in [1.29, 1.82) is 0 Å². The van der Waals surface area contributed by atoms with E-state index in [-0.39, 0.29) is 5.56 Å². The van der Waals surface area contributed by atoms with Crippen molar-refractivity contribution < 1.29 is 9.90 Å². The number of aromatic nitrogens is 2. The molecule has 0 radical (unpaired) electrons. The lowest BCUT2D eigenvalue weighted by molar-refractivity contribution is 0.0697. The minimum atomic E-state index is -0.980. The highest BCUT2D eigenvalue weighted by Gasteiger charge is 2.11. The normalized spacial score (nSPS) is 10.3. The molecule has 0 aliphatic carbocycles. The number of carbonyl (C=O) groups is 1. The Hall–Kier alpha value is -3.01. The van der Waals surface area contributed by atoms with Crippen LogP contribution in [0, 0.1) is 0 Å². The molecule has 4 nitrogen and oxygen atoms in total. The molecule has 0 aliphatic rings. The lowest BCUT2D eigenvalue weighted by Crippen LogP contribution is -2.00. The number of carboxylic acids is 1. The molecule has 4 heteroatoms. The van der Waals surface area contributed by atoms with Crippen LogP contribution >= 0.6 is 0 Å². The Kier molecular flexibility index (Phi) is 3.43. The Morgan fingerprint density at radius 1 is 0.857 bits per heavy atom. The molecular formula is C17H12N2O2. The molecule has 21 heavy (non-hydrogen) atoms. The van der Waals surface area contributed by atoms with Crippen molar-refractivity contribution in [1.82, 2.24) is 9.97 Å². The fourth-order valence-corrected chi connectivity index (χ4v) is 2.06. The number of aromatic carboxylic acids is 1. The largest absolute Gasteiger partial charge is 0.478 e. The molecule has 0 fully saturated rings. The number of hydrogen-bond donors (Lipinski definition) is 1. The SMILES string of the molecule is O=C(O)c1cc(-c2ccccc2)nc(-c2ccccn2)c1. The molecule has 0 amide bonds. The van der Waals surface area contributed by atoms with E-state index in [9.17, 15) is 9.90 Å². The van der Waals surface area contributed by atoms with Gasteiger partial charge in [0.25, 0.3) is 0 Å². The third kappa shape index (κ3) is 2.79. The number of benzene rings is 1. The van der Waals surface area contributed by atoms with Crippen LogP contribution in [0.5, 0.6) is 0 Å². The van der Waals surface area contributed by atoms with Gasteiger partial charge in [0.05, 0.1) is 22.6 Å². The molecule has 1 aromatic carbocycles. The Morgan fingerprint density at radius 3 is 2.24 bits per heavy atom. The maximum absolute atomic E-state index is 11.3. The van der Waals surface area contributed by atoms with Gasteiger partial charge in [-0.25, -0.2) is 9.78 Å². The minimum Gasteiger partial charge on any atom is -0.478 e. The fraction of sp³-hybridized carbons (Fsp3) is 0. The van der Waals surface area contributed by atoms with E-state index in [2.05, 4.69) is 9.97 Å². The maximum Gasteiger partial charge on any atom is 0.335 e. The van der Waals surface area contributed by atoms with Crippen molar-refractivity contribution in [2.75, 3.05) is 0 Å². The van der Waals surface area contributed by atoms with Crippen molar-refractivity contribution in [2.45, 2.75) is 0 Å². The molecular weight excluding hydrogens is 264 g/mol. The summed E-state index contributed by atoms with van der Waals surface area (Å²) in [5.74, 6) is -0.980. The van der Waals surface area contributed by atoms with Crippen LogP contribution in [0.4, 0.5) is 0 Å². The number of carboxylic acid groups (broad SMARTS) is 1. The first-order valence-electron chi connectivity index (χ1n) is 6.46. The van der Waals surface area contributed by atoms with Gasteiger partial charge in [-0.2, -0.15) is 0 Å². The summed E-state index contributed by atoms with van der Waals surface area (Å²) in [5, 5.41) is 9.28. The van der Waals surface area contributed by atoms with Crippen LogP contribution in [0.25, 0.3) is 22.6 Å². The lowest BCUT2D eigenvalue weighted by atomic mass is 10.1. The van der Waals surface area contributed by atoms with Gasteiger partial charge >= 0.3 is 5.97 Å². The van der Waals surface area contributed by atoms with Gasteiger partial charge in [0.2, 0.25) is 0 Å². The summed E-state index contributed by atoms with van der Waals surface area (Å²) in [6, 6.07) is 18.1. The summed E-state index contributed by atoms with van der Waals surface area (Å²) in [6.07, 6.45) is 1.66. The van der Waals surface area contributed by atoms with Gasteiger partial charge in [0, 0.05) is 11.8 Å². The van der Waals surface area contributed by atoms with E-state index in [1.54, 1.807) is 12.3 Å². The van der Waals surface area contributed by atoms with Crippen LogP contribution in [0.15, 0.2) is 66.9 Å². The van der Waals surface area contributed by atoms with Crippen LogP contribution in [-0.4, -0.2) is 21.0 Å². The van der Waals surface area contributed by atoms with Crippen molar-refractivity contribution >= 4 is 5.97 Å². The first kappa shape index (κ1) is 13.0. The standard InChI is InChI=1S/C17H12N2O2/c20-17(21)13-10-15(12-6-2-1-3-7-12)19-16(11-13)14-8-4-5-9-18-14/h1-11H,(H,20,21). The van der Waals surface area contributed by atoms with Crippen LogP contribution in [0.1, 0.15) is 10.4 Å². The van der Waals surface area contributed by atoms with Crippen molar-refractivity contribution in [3.63, 3.8) is 0 Å². The zero-order valence-corrected chi connectivity index (χ0v) is 11.1. The third-order valence-corrected chi connectivity index (χ3v) is 3.07. The monoisotopic (exact) mass is 276 g/mol. The van der Waals surface area contributed by atoms with E-state index in [1.165, 1.54) is 6.07 Å². The molecule has 2 heterocycles. The van der Waals surface area contributed by atoms with Gasteiger partial charge in [0.15, 0.2) is 0 Å². The van der Waals surface area contributed by atoms with Gasteiger partial charge < -0.3 is 5.11 Å². The van der Waals surface area contributed by atoms with E-state index < -0.39 is 5.97 Å². The van der Waals surface area contributed by atoms with Gasteiger partial charge in [0.1, 0.15) is 0 Å². The summed E-state index contributed by atoms with van der Waals surface area (Å²) in [4.78, 5) is 20.1. The van der Waals surface area contributed by atoms with E-state index in [0.717, 1.165) is 5.56 Å². The van der Waals surface area contributed by atoms with Crippen LogP contribution in [0.3, 0.4) is 0 Å². The van der Waals surface area contributed by atoms with Crippen LogP contribution in [0.2, 0.25) is 0 Å². The van der Waals surface area contributed by atoms with E-state index in [0.29, 0.717) is 17.1 Å². The molecule has 3 rings (SSSR count). The summed E-state index contributed by atoms with van der Waals surface area (Å²) in [6.45, 7) is 0. The summed E-state index contributed by atoms with van der Waals surface area (Å²) in [7, 11) is 0. The Labute approximate surface area is 121 Å². The van der Waals surface area contributed by atoms with Crippen LogP contribution < -0.4 is 0 Å². The van der Waals surface area contributed by atoms with Gasteiger partial charge in [-0.05, 0) is 24.3 Å². The minimum absolute atomic E-state index is 0.199. The predicted molar refractivity (Wildman–Crippen MR) is 79.9 cm³/mol. The molecule has 0 unspecified atom stereocenters. The van der Waals surface area contributed by atoms with Crippen molar-refractivity contribution in [3.05, 3.63) is 72.4 Å². The average Bonchev–Trinajstić information content (AvgIpc) is 2.56. The second-order valence-corrected chi connectivity index (χ2v) is 4.51. The molecule has 0 saturated carbocycles. The second kappa shape index (κ2) is 5.54. The molecule has 3 aromatic rings. The number of rotatable bonds is 3. The molecule has 102 valence electrons. The molecule has 0 spiro atoms. The molecule has 0 bridgehead atoms. The molecule has 2 aromatic heterocycles. The zero-order chi connectivity index (χ0) is 14.7. The highest BCUT2D eigenvalue weighted by molar-refractivity contribution is 5.90. The summed E-state index contributed by atoms with van der Waals surface area (Å²) < 4.78 is 0. The quantitative estimate of drug-likeness (QED) is 0.795. The topological polar surface area (TPSA) is 63.1 Å². The highest BCUT2D eigenvalue weighted by Crippen LogP contribution is 2.23. The van der Waals surface area contributed by atoms with E-state index >= 15 is 0 Å². The first-order chi connectivity index (χ1) is 10.2. The van der Waals surface area contributed by atoms with Crippen LogP contribution in [-0.2, 0) is 0 Å². The van der Waals surface area contributed by atoms with E-state index in [1.807, 2.05) is 48.5 Å². The molecule has 0 aliphatic heterocycles. The third-order valence-electron chi connectivity index (χ3n) is 3.07. The zero-order valence-electron chi connectivity index (χ0n) is 11.1. The van der Waals surface area contributed by atoms with Crippen molar-refractivity contribution in [2.24, 2.45) is 0 Å². The van der Waals surface area contributed by atoms with Gasteiger partial charge in [-0.3, -0.25) is 4.98 Å². The summed E-state index contributed by atoms with van der Waals surface area (Å²) >= 11 is 0. The Morgan fingerprint density at radius 2 is 1.57 bits per heavy atom. The van der Waals surface area contributed by atoms with Gasteiger partial charge in [-0.1, -0.05) is 36.4 Å². The molecule has 0 saturated heterocycles. The number of nitrogens with zero attached hydrogens (tertiary/aromatic N) is 2. The smallest absolute Gasteiger partial charge is 0.335 e. The Bertz CT molecular complexity index is 714. The fourth-order valence-electron chi connectivity index (χ4n) is 2.06. The van der Waals surface area contributed by atoms with Crippen molar-refractivity contribution in [3.8, 4) is 22.6 Å². The van der Waals surface area contributed by atoms with E-state index in [4.69, 9.17) is 0 Å². The Balaban J connectivity index is 2.18. The molecule has 1 N–H and O–H groups in total. The lowest BCUT2D eigenvalue weighted by Gasteiger charge is -2.07. The highest BCUT2D eigenvalue weighted by atomic mass is 16.4. The average molecular weight is 276 g/mol. The summed E-state index contributed by atoms with van der Waals surface area (Å²) in [5.41, 5.74) is 2.89. The second-order valence-electron chi connectivity index (χ2n) is 4.51. The molecule has 0 atom stereocenters. The maximum atomic E-state index is 11.3. The number of pyridine rings is 2. The first-order valence-corrected chi connectivity index (χ1v) is 6.46. The predicted octanol–water partition coefficient (Wildman–Crippen LogP) is 3.51. The van der Waals surface area contributed by atoms with Gasteiger partial charge in [-0.15, -0.1) is 0 Å². The number of hydrogen-bond acceptors (Lipinski definition) is 3.